The lowest BCUT2D eigenvalue weighted by Gasteiger charge is -2.30. The molecule has 0 N–H and O–H groups in total. The average molecular weight is 388 g/mol. The van der Waals surface area contributed by atoms with Crippen molar-refractivity contribution in [3.63, 3.8) is 0 Å². The van der Waals surface area contributed by atoms with Crippen molar-refractivity contribution in [3.8, 4) is 23.4 Å². The third-order valence-corrected chi connectivity index (χ3v) is 5.07. The molecular formula is C21H20N6O2. The molecule has 1 aliphatic rings. The van der Waals surface area contributed by atoms with E-state index >= 15 is 0 Å². The number of hydrogen-bond donors (Lipinski definition) is 0. The van der Waals surface area contributed by atoms with Crippen LogP contribution in [0.25, 0.3) is 0 Å². The predicted octanol–water partition coefficient (Wildman–Crippen LogP) is 3.12. The van der Waals surface area contributed by atoms with Gasteiger partial charge in [-0.05, 0) is 42.7 Å². The van der Waals surface area contributed by atoms with Crippen LogP contribution in [0, 0.1) is 25.2 Å². The van der Waals surface area contributed by atoms with Crippen molar-refractivity contribution in [2.24, 2.45) is 0 Å². The van der Waals surface area contributed by atoms with E-state index in [0.717, 1.165) is 41.2 Å². The topological polar surface area (TPSA) is 97.0 Å². The van der Waals surface area contributed by atoms with Gasteiger partial charge in [-0.15, -0.1) is 10.2 Å². The van der Waals surface area contributed by atoms with E-state index in [1.807, 2.05) is 19.9 Å². The van der Waals surface area contributed by atoms with E-state index in [4.69, 9.17) is 14.7 Å². The number of fused-ring (bicyclic) bond motifs is 1. The normalized spacial score (nSPS) is 12.8. The van der Waals surface area contributed by atoms with Crippen molar-refractivity contribution < 1.29 is 9.47 Å². The summed E-state index contributed by atoms with van der Waals surface area (Å²) in [5, 5.41) is 17.5. The Morgan fingerprint density at radius 1 is 1.07 bits per heavy atom. The number of methoxy groups -OCH3 is 1. The molecule has 0 atom stereocenters. The highest BCUT2D eigenvalue weighted by molar-refractivity contribution is 5.53. The highest BCUT2D eigenvalue weighted by Gasteiger charge is 2.22. The van der Waals surface area contributed by atoms with E-state index in [9.17, 15) is 0 Å². The number of ether oxygens (including phenoxy) is 2. The van der Waals surface area contributed by atoms with E-state index in [1.54, 1.807) is 31.6 Å². The Labute approximate surface area is 168 Å². The molecule has 0 aliphatic carbocycles. The molecule has 8 heteroatoms. The van der Waals surface area contributed by atoms with Crippen molar-refractivity contribution >= 4 is 5.82 Å². The number of aromatic nitrogens is 4. The van der Waals surface area contributed by atoms with Crippen molar-refractivity contribution in [1.82, 2.24) is 20.2 Å². The van der Waals surface area contributed by atoms with Crippen LogP contribution in [0.5, 0.6) is 17.4 Å². The summed E-state index contributed by atoms with van der Waals surface area (Å²) in [4.78, 5) is 10.9. The molecule has 3 aromatic rings. The molecule has 0 saturated heterocycles. The fraction of sp³-hybridized carbons (Fsp3) is 0.286. The molecule has 29 heavy (non-hydrogen) atoms. The first-order chi connectivity index (χ1) is 14.1. The summed E-state index contributed by atoms with van der Waals surface area (Å²) in [6, 6.07) is 7.64. The number of hydrogen-bond acceptors (Lipinski definition) is 8. The van der Waals surface area contributed by atoms with Crippen LogP contribution in [0.2, 0.25) is 0 Å². The summed E-state index contributed by atoms with van der Waals surface area (Å²) in [6.07, 6.45) is 4.15. The Morgan fingerprint density at radius 2 is 1.90 bits per heavy atom. The number of anilines is 1. The van der Waals surface area contributed by atoms with Crippen LogP contribution < -0.4 is 14.4 Å². The highest BCUT2D eigenvalue weighted by Crippen LogP contribution is 2.29. The van der Waals surface area contributed by atoms with Gasteiger partial charge in [-0.1, -0.05) is 0 Å². The van der Waals surface area contributed by atoms with E-state index in [2.05, 4.69) is 31.1 Å². The Bertz CT molecular complexity index is 1090. The first-order valence-electron chi connectivity index (χ1n) is 9.23. The van der Waals surface area contributed by atoms with Crippen LogP contribution in [0.1, 0.15) is 28.1 Å². The quantitative estimate of drug-likeness (QED) is 0.672. The molecule has 0 aromatic carbocycles. The zero-order valence-electron chi connectivity index (χ0n) is 16.5. The van der Waals surface area contributed by atoms with Gasteiger partial charge in [-0.25, -0.2) is 4.98 Å². The number of nitrogens with zero attached hydrogens (tertiary/aromatic N) is 6. The van der Waals surface area contributed by atoms with Crippen LogP contribution in [-0.2, 0) is 13.0 Å². The van der Waals surface area contributed by atoms with Gasteiger partial charge in [0.2, 0.25) is 5.88 Å². The second kappa shape index (κ2) is 7.72. The molecule has 0 unspecified atom stereocenters. The lowest BCUT2D eigenvalue weighted by molar-refractivity contribution is 0.394. The van der Waals surface area contributed by atoms with Crippen LogP contribution in [0.15, 0.2) is 30.6 Å². The van der Waals surface area contributed by atoms with Gasteiger partial charge in [0.05, 0.1) is 19.5 Å². The molecule has 0 radical (unpaired) electrons. The zero-order valence-corrected chi connectivity index (χ0v) is 16.5. The number of nitriles is 1. The van der Waals surface area contributed by atoms with Gasteiger partial charge in [0.1, 0.15) is 17.6 Å². The van der Waals surface area contributed by atoms with Crippen molar-refractivity contribution in [2.45, 2.75) is 26.8 Å². The van der Waals surface area contributed by atoms with Crippen LogP contribution in [-0.4, -0.2) is 33.8 Å². The molecule has 0 bridgehead atoms. The fourth-order valence-corrected chi connectivity index (χ4v) is 3.32. The van der Waals surface area contributed by atoms with E-state index in [-0.39, 0.29) is 0 Å². The van der Waals surface area contributed by atoms with Crippen molar-refractivity contribution in [1.29, 1.82) is 5.26 Å². The van der Waals surface area contributed by atoms with Gasteiger partial charge < -0.3 is 14.4 Å². The summed E-state index contributed by atoms with van der Waals surface area (Å²) >= 11 is 0. The van der Waals surface area contributed by atoms with E-state index in [0.29, 0.717) is 29.6 Å². The fourth-order valence-electron chi connectivity index (χ4n) is 3.32. The molecular weight excluding hydrogens is 368 g/mol. The SMILES string of the molecule is COc1ccc(Oc2cnc3c(c2)CN(c2nnc(C#N)c(C)c2C)CC3)cn1. The minimum Gasteiger partial charge on any atom is -0.481 e. The van der Waals surface area contributed by atoms with Gasteiger partial charge >= 0.3 is 0 Å². The molecule has 1 aliphatic heterocycles. The van der Waals surface area contributed by atoms with Crippen molar-refractivity contribution in [2.75, 3.05) is 18.6 Å². The zero-order chi connectivity index (χ0) is 20.4. The smallest absolute Gasteiger partial charge is 0.213 e. The molecule has 4 heterocycles. The summed E-state index contributed by atoms with van der Waals surface area (Å²) in [5.74, 6) is 2.60. The first-order valence-corrected chi connectivity index (χ1v) is 9.23. The Hall–Kier alpha value is -3.73. The maximum Gasteiger partial charge on any atom is 0.213 e. The first kappa shape index (κ1) is 18.6. The molecule has 0 spiro atoms. The van der Waals surface area contributed by atoms with E-state index in [1.165, 1.54) is 0 Å². The summed E-state index contributed by atoms with van der Waals surface area (Å²) in [5.41, 5.74) is 4.35. The number of pyridine rings is 2. The largest absolute Gasteiger partial charge is 0.481 e. The average Bonchev–Trinajstić information content (AvgIpc) is 2.75. The monoisotopic (exact) mass is 388 g/mol. The molecule has 0 saturated carbocycles. The molecule has 0 amide bonds. The highest BCUT2D eigenvalue weighted by atomic mass is 16.5. The van der Waals surface area contributed by atoms with Crippen LogP contribution in [0.4, 0.5) is 5.82 Å². The van der Waals surface area contributed by atoms with E-state index < -0.39 is 0 Å². The minimum absolute atomic E-state index is 0.370. The lowest BCUT2D eigenvalue weighted by Crippen LogP contribution is -2.32. The van der Waals surface area contributed by atoms with Gasteiger partial charge in [0, 0.05) is 31.3 Å². The van der Waals surface area contributed by atoms with Gasteiger partial charge in [0.25, 0.3) is 0 Å². The number of rotatable bonds is 4. The molecule has 3 aromatic heterocycles. The summed E-state index contributed by atoms with van der Waals surface area (Å²) in [7, 11) is 1.57. The maximum atomic E-state index is 9.16. The van der Waals surface area contributed by atoms with Gasteiger partial charge in [-0.3, -0.25) is 4.98 Å². The van der Waals surface area contributed by atoms with Gasteiger partial charge in [0.15, 0.2) is 11.5 Å². The molecule has 0 fully saturated rings. The molecule has 4 rings (SSSR count). The molecule has 8 nitrogen and oxygen atoms in total. The standard InChI is InChI=1S/C21H20N6O2/c1-13-14(2)21(26-25-19(13)9-22)27-7-6-18-15(12-27)8-17(11-23-18)29-16-4-5-20(28-3)24-10-16/h4-5,8,10-11H,6-7,12H2,1-3H3. The summed E-state index contributed by atoms with van der Waals surface area (Å²) in [6.45, 7) is 5.33. The predicted molar refractivity (Wildman–Crippen MR) is 106 cm³/mol. The second-order valence-electron chi connectivity index (χ2n) is 6.82. The Morgan fingerprint density at radius 3 is 2.62 bits per heavy atom. The minimum atomic E-state index is 0.370. The van der Waals surface area contributed by atoms with Crippen LogP contribution in [0.3, 0.4) is 0 Å². The van der Waals surface area contributed by atoms with Crippen molar-refractivity contribution in [3.05, 3.63) is 58.7 Å². The summed E-state index contributed by atoms with van der Waals surface area (Å²) < 4.78 is 11.0. The maximum absolute atomic E-state index is 9.16. The molecule has 146 valence electrons. The third-order valence-electron chi connectivity index (χ3n) is 5.07. The lowest BCUT2D eigenvalue weighted by atomic mass is 10.0. The van der Waals surface area contributed by atoms with Gasteiger partial charge in [-0.2, -0.15) is 5.26 Å². The van der Waals surface area contributed by atoms with Crippen LogP contribution >= 0.6 is 0 Å². The Kier molecular flexibility index (Phi) is 4.96. The Balaban J connectivity index is 1.56. The third kappa shape index (κ3) is 3.67. The second-order valence-corrected chi connectivity index (χ2v) is 6.82.